The van der Waals surface area contributed by atoms with Gasteiger partial charge in [-0.15, -0.1) is 0 Å². The molecule has 2 aliphatic heterocycles. The first kappa shape index (κ1) is 12.4. The van der Waals surface area contributed by atoms with E-state index in [-0.39, 0.29) is 0 Å². The van der Waals surface area contributed by atoms with Crippen LogP contribution in [0.3, 0.4) is 0 Å². The SMILES string of the molecule is Brc1ccc2c(c1)CCC(N1C3COCC1C3)CC2. The van der Waals surface area contributed by atoms with Crippen molar-refractivity contribution in [1.82, 2.24) is 4.90 Å². The number of halogens is 1. The molecule has 2 saturated heterocycles. The molecule has 3 heteroatoms. The van der Waals surface area contributed by atoms with E-state index >= 15 is 0 Å². The van der Waals surface area contributed by atoms with Crippen LogP contribution in [0.1, 0.15) is 30.4 Å². The number of rotatable bonds is 1. The van der Waals surface area contributed by atoms with Crippen LogP contribution in [0, 0.1) is 0 Å². The molecule has 2 fully saturated rings. The summed E-state index contributed by atoms with van der Waals surface area (Å²) in [6.07, 6.45) is 6.48. The molecule has 0 amide bonds. The standard InChI is InChI=1S/C16H20BrNO/c17-13-4-1-11-2-5-14(6-3-12(11)7-13)18-15-8-16(18)10-19-9-15/h1,4,7,14-16H,2-3,5-6,8-10H2. The number of benzene rings is 1. The van der Waals surface area contributed by atoms with E-state index in [1.54, 1.807) is 11.1 Å². The van der Waals surface area contributed by atoms with Gasteiger partial charge in [-0.2, -0.15) is 0 Å². The molecule has 0 N–H and O–H groups in total. The van der Waals surface area contributed by atoms with Gasteiger partial charge in [0.25, 0.3) is 0 Å². The van der Waals surface area contributed by atoms with E-state index in [1.807, 2.05) is 0 Å². The van der Waals surface area contributed by atoms with Crippen LogP contribution in [0.2, 0.25) is 0 Å². The highest BCUT2D eigenvalue weighted by Gasteiger charge is 2.45. The summed E-state index contributed by atoms with van der Waals surface area (Å²) in [5, 5.41) is 0. The zero-order valence-corrected chi connectivity index (χ0v) is 12.7. The van der Waals surface area contributed by atoms with Crippen molar-refractivity contribution in [3.63, 3.8) is 0 Å². The quantitative estimate of drug-likeness (QED) is 0.737. The van der Waals surface area contributed by atoms with Gasteiger partial charge < -0.3 is 4.74 Å². The molecule has 1 aromatic rings. The number of hydrogen-bond donors (Lipinski definition) is 0. The van der Waals surface area contributed by atoms with Crippen LogP contribution in [-0.2, 0) is 17.6 Å². The number of hydrogen-bond acceptors (Lipinski definition) is 2. The lowest BCUT2D eigenvalue weighted by atomic mass is 9.87. The lowest BCUT2D eigenvalue weighted by Crippen LogP contribution is -2.66. The van der Waals surface area contributed by atoms with Crippen molar-refractivity contribution < 1.29 is 4.74 Å². The molecule has 0 radical (unpaired) electrons. The Morgan fingerprint density at radius 1 is 1.00 bits per heavy atom. The van der Waals surface area contributed by atoms with Gasteiger partial charge in [-0.1, -0.05) is 22.0 Å². The Morgan fingerprint density at radius 2 is 1.74 bits per heavy atom. The molecule has 3 unspecified atom stereocenters. The Morgan fingerprint density at radius 3 is 2.47 bits per heavy atom. The summed E-state index contributed by atoms with van der Waals surface area (Å²) in [6, 6.07) is 9.03. The second kappa shape index (κ2) is 4.87. The first-order valence-corrected chi connectivity index (χ1v) is 8.23. The van der Waals surface area contributed by atoms with Gasteiger partial charge in [-0.3, -0.25) is 4.90 Å². The highest BCUT2D eigenvalue weighted by molar-refractivity contribution is 9.10. The van der Waals surface area contributed by atoms with E-state index in [2.05, 4.69) is 39.0 Å². The summed E-state index contributed by atoms with van der Waals surface area (Å²) in [5.74, 6) is 0. The predicted molar refractivity (Wildman–Crippen MR) is 79.4 cm³/mol. The summed E-state index contributed by atoms with van der Waals surface area (Å²) in [4.78, 5) is 2.77. The van der Waals surface area contributed by atoms with E-state index in [0.29, 0.717) is 0 Å². The maximum absolute atomic E-state index is 5.61. The Kier molecular flexibility index (Phi) is 3.17. The van der Waals surface area contributed by atoms with Crippen LogP contribution >= 0.6 is 15.9 Å². The molecule has 19 heavy (non-hydrogen) atoms. The average Bonchev–Trinajstić information content (AvgIpc) is 2.62. The lowest BCUT2D eigenvalue weighted by Gasteiger charge is -2.56. The Labute approximate surface area is 123 Å². The molecule has 2 nitrogen and oxygen atoms in total. The molecule has 2 heterocycles. The van der Waals surface area contributed by atoms with E-state index in [4.69, 9.17) is 4.74 Å². The van der Waals surface area contributed by atoms with Crippen molar-refractivity contribution in [2.75, 3.05) is 13.2 Å². The van der Waals surface area contributed by atoms with Gasteiger partial charge in [-0.05, 0) is 55.4 Å². The van der Waals surface area contributed by atoms with Gasteiger partial charge in [0.2, 0.25) is 0 Å². The highest BCUT2D eigenvalue weighted by Crippen LogP contribution is 2.37. The summed E-state index contributed by atoms with van der Waals surface area (Å²) in [6.45, 7) is 1.93. The smallest absolute Gasteiger partial charge is 0.0623 e. The highest BCUT2D eigenvalue weighted by atomic mass is 79.9. The third-order valence-electron chi connectivity index (χ3n) is 5.09. The van der Waals surface area contributed by atoms with Crippen LogP contribution in [0.5, 0.6) is 0 Å². The van der Waals surface area contributed by atoms with Crippen LogP contribution in [-0.4, -0.2) is 36.2 Å². The molecule has 0 spiro atoms. The predicted octanol–water partition coefficient (Wildman–Crippen LogP) is 3.17. The fraction of sp³-hybridized carbons (Fsp3) is 0.625. The van der Waals surface area contributed by atoms with Crippen LogP contribution in [0.4, 0.5) is 0 Å². The van der Waals surface area contributed by atoms with E-state index in [1.165, 1.54) is 36.6 Å². The second-order valence-corrected chi connectivity index (χ2v) is 7.09. The van der Waals surface area contributed by atoms with Crippen molar-refractivity contribution in [2.45, 2.75) is 50.2 Å². The Bertz CT molecular complexity index is 476. The Hall–Kier alpha value is -0.380. The fourth-order valence-corrected chi connectivity index (χ4v) is 4.53. The van der Waals surface area contributed by atoms with Gasteiger partial charge in [0, 0.05) is 22.6 Å². The minimum absolute atomic E-state index is 0.719. The van der Waals surface area contributed by atoms with E-state index < -0.39 is 0 Å². The Balaban J connectivity index is 1.51. The van der Waals surface area contributed by atoms with E-state index in [0.717, 1.165) is 31.3 Å². The maximum atomic E-state index is 5.61. The van der Waals surface area contributed by atoms with E-state index in [9.17, 15) is 0 Å². The third kappa shape index (κ3) is 2.16. The monoisotopic (exact) mass is 321 g/mol. The van der Waals surface area contributed by atoms with Gasteiger partial charge in [-0.25, -0.2) is 0 Å². The molecule has 1 aromatic carbocycles. The zero-order valence-electron chi connectivity index (χ0n) is 11.1. The largest absolute Gasteiger partial charge is 0.378 e. The molecule has 1 aliphatic carbocycles. The molecule has 0 aromatic heterocycles. The molecular weight excluding hydrogens is 302 g/mol. The number of morpholine rings is 1. The third-order valence-corrected chi connectivity index (χ3v) is 5.58. The first-order valence-electron chi connectivity index (χ1n) is 7.44. The number of fused-ring (bicyclic) bond motifs is 3. The van der Waals surface area contributed by atoms with Gasteiger partial charge in [0.15, 0.2) is 0 Å². The van der Waals surface area contributed by atoms with Crippen molar-refractivity contribution in [1.29, 1.82) is 0 Å². The molecule has 0 saturated carbocycles. The molecule has 2 bridgehead atoms. The summed E-state index contributed by atoms with van der Waals surface area (Å²) < 4.78 is 6.83. The molecular formula is C16H20BrNO. The molecule has 3 atom stereocenters. The number of nitrogens with zero attached hydrogens (tertiary/aromatic N) is 1. The maximum Gasteiger partial charge on any atom is 0.0623 e. The zero-order chi connectivity index (χ0) is 12.8. The summed E-state index contributed by atoms with van der Waals surface area (Å²) >= 11 is 3.60. The summed E-state index contributed by atoms with van der Waals surface area (Å²) in [5.41, 5.74) is 3.12. The van der Waals surface area contributed by atoms with Gasteiger partial charge >= 0.3 is 0 Å². The van der Waals surface area contributed by atoms with Crippen LogP contribution in [0.15, 0.2) is 22.7 Å². The topological polar surface area (TPSA) is 12.5 Å². The lowest BCUT2D eigenvalue weighted by molar-refractivity contribution is -0.148. The van der Waals surface area contributed by atoms with Crippen molar-refractivity contribution in [2.24, 2.45) is 0 Å². The van der Waals surface area contributed by atoms with Crippen molar-refractivity contribution >= 4 is 15.9 Å². The first-order chi connectivity index (χ1) is 9.31. The van der Waals surface area contributed by atoms with Crippen molar-refractivity contribution in [3.8, 4) is 0 Å². The van der Waals surface area contributed by atoms with Gasteiger partial charge in [0.1, 0.15) is 0 Å². The normalized spacial score (nSPS) is 34.3. The minimum Gasteiger partial charge on any atom is -0.378 e. The molecule has 4 rings (SSSR count). The second-order valence-electron chi connectivity index (χ2n) is 6.17. The van der Waals surface area contributed by atoms with Crippen LogP contribution in [0.25, 0.3) is 0 Å². The van der Waals surface area contributed by atoms with Gasteiger partial charge in [0.05, 0.1) is 13.2 Å². The molecule has 102 valence electrons. The average molecular weight is 322 g/mol. The van der Waals surface area contributed by atoms with Crippen LogP contribution < -0.4 is 0 Å². The number of ether oxygens (including phenoxy) is 1. The summed E-state index contributed by atoms with van der Waals surface area (Å²) in [7, 11) is 0. The molecule has 3 aliphatic rings. The van der Waals surface area contributed by atoms with Crippen molar-refractivity contribution in [3.05, 3.63) is 33.8 Å². The number of aryl methyl sites for hydroxylation is 2. The minimum atomic E-state index is 0.719. The fourth-order valence-electron chi connectivity index (χ4n) is 4.12.